The van der Waals surface area contributed by atoms with Gasteiger partial charge in [0, 0.05) is 5.69 Å². The molecule has 156 valence electrons. The topological polar surface area (TPSA) is 91.2 Å². The van der Waals surface area contributed by atoms with Gasteiger partial charge in [0.05, 0.1) is 23.6 Å². The minimum Gasteiger partial charge on any atom is -0.495 e. The van der Waals surface area contributed by atoms with Crippen molar-refractivity contribution in [3.05, 3.63) is 53.6 Å². The van der Waals surface area contributed by atoms with Crippen LogP contribution in [0, 0.1) is 0 Å². The van der Waals surface area contributed by atoms with E-state index in [9.17, 15) is 26.7 Å². The number of ether oxygens (including phenoxy) is 1. The predicted molar refractivity (Wildman–Crippen MR) is 101 cm³/mol. The summed E-state index contributed by atoms with van der Waals surface area (Å²) in [6, 6.07) is 11.1. The highest BCUT2D eigenvalue weighted by Gasteiger charge is 2.59. The molecule has 0 radical (unpaired) electrons. The van der Waals surface area contributed by atoms with Crippen molar-refractivity contribution in [2.24, 2.45) is 4.99 Å². The molecule has 0 saturated carbocycles. The Morgan fingerprint density at radius 1 is 1.24 bits per heavy atom. The van der Waals surface area contributed by atoms with Crippen molar-refractivity contribution < 1.29 is 31.4 Å². The Morgan fingerprint density at radius 2 is 1.90 bits per heavy atom. The molecule has 1 heterocycles. The normalized spacial score (nSPS) is 19.8. The van der Waals surface area contributed by atoms with Crippen LogP contribution in [0.2, 0.25) is 5.02 Å². The molecule has 1 unspecified atom stereocenters. The van der Waals surface area contributed by atoms with Gasteiger partial charge in [-0.3, -0.25) is 0 Å². The fraction of sp³-hybridized carbons (Fsp3) is 0.235. The number of methoxy groups -OCH3 is 1. The van der Waals surface area contributed by atoms with Gasteiger partial charge in [0.15, 0.2) is 0 Å². The standard InChI is InChI=1S/C17H15ClF3N3O4S/c1-28-14-8-7-11(9-13(14)18)24-10-16(25,17(19,20)21)22-15(24)23-29(26,27)12-5-3-2-4-6-12/h2-9,25H,10H2,1H3,(H,22,23). The molecule has 2 aromatic rings. The van der Waals surface area contributed by atoms with Gasteiger partial charge in [-0.25, -0.2) is 18.1 Å². The van der Waals surface area contributed by atoms with Crippen molar-refractivity contribution in [2.45, 2.75) is 16.8 Å². The van der Waals surface area contributed by atoms with Crippen molar-refractivity contribution in [3.8, 4) is 5.75 Å². The van der Waals surface area contributed by atoms with E-state index in [1.54, 1.807) is 6.07 Å². The van der Waals surface area contributed by atoms with Gasteiger partial charge in [-0.05, 0) is 30.3 Å². The number of aliphatic hydroxyl groups is 1. The number of anilines is 1. The first-order chi connectivity index (χ1) is 13.5. The van der Waals surface area contributed by atoms with E-state index in [2.05, 4.69) is 4.99 Å². The smallest absolute Gasteiger partial charge is 0.440 e. The number of alkyl halides is 3. The van der Waals surface area contributed by atoms with Crippen LogP contribution in [0.3, 0.4) is 0 Å². The maximum atomic E-state index is 13.4. The van der Waals surface area contributed by atoms with Crippen molar-refractivity contribution in [3.63, 3.8) is 0 Å². The Kier molecular flexibility index (Phi) is 5.41. The molecule has 0 aliphatic carbocycles. The summed E-state index contributed by atoms with van der Waals surface area (Å²) < 4.78 is 72.2. The average Bonchev–Trinajstić information content (AvgIpc) is 2.99. The van der Waals surface area contributed by atoms with Crippen LogP contribution in [0.1, 0.15) is 0 Å². The third-order valence-electron chi connectivity index (χ3n) is 4.11. The van der Waals surface area contributed by atoms with Crippen LogP contribution in [0.4, 0.5) is 18.9 Å². The number of nitrogens with zero attached hydrogens (tertiary/aromatic N) is 2. The molecule has 0 spiro atoms. The zero-order valence-electron chi connectivity index (χ0n) is 14.8. The minimum absolute atomic E-state index is 0.0745. The second kappa shape index (κ2) is 7.39. The molecule has 3 rings (SSSR count). The van der Waals surface area contributed by atoms with E-state index in [1.807, 2.05) is 4.72 Å². The first-order valence-corrected chi connectivity index (χ1v) is 9.91. The van der Waals surface area contributed by atoms with Gasteiger partial charge in [0.2, 0.25) is 5.96 Å². The molecular weight excluding hydrogens is 435 g/mol. The van der Waals surface area contributed by atoms with Crippen LogP contribution < -0.4 is 14.4 Å². The maximum Gasteiger partial charge on any atom is 0.440 e. The van der Waals surface area contributed by atoms with Crippen LogP contribution in [-0.4, -0.2) is 45.0 Å². The van der Waals surface area contributed by atoms with E-state index in [1.165, 1.54) is 49.6 Å². The second-order valence-electron chi connectivity index (χ2n) is 6.07. The van der Waals surface area contributed by atoms with Crippen LogP contribution in [0.15, 0.2) is 58.4 Å². The van der Waals surface area contributed by atoms with Gasteiger partial charge in [0.1, 0.15) is 5.75 Å². The lowest BCUT2D eigenvalue weighted by atomic mass is 10.2. The highest BCUT2D eigenvalue weighted by atomic mass is 35.5. The molecule has 2 N–H and O–H groups in total. The first-order valence-electron chi connectivity index (χ1n) is 8.05. The summed E-state index contributed by atoms with van der Waals surface area (Å²) in [6.45, 7) is -1.06. The monoisotopic (exact) mass is 449 g/mol. The summed E-state index contributed by atoms with van der Waals surface area (Å²) in [4.78, 5) is 3.93. The molecule has 0 bridgehead atoms. The van der Waals surface area contributed by atoms with Crippen molar-refractivity contribution in [1.82, 2.24) is 4.72 Å². The number of β-amino-alcohol motifs (C(OH)–C–C–N with tert-alkyl or cyclic N) is 1. The lowest BCUT2D eigenvalue weighted by Gasteiger charge is -2.25. The lowest BCUT2D eigenvalue weighted by Crippen LogP contribution is -2.48. The molecule has 12 heteroatoms. The molecule has 29 heavy (non-hydrogen) atoms. The number of sulfonamides is 1. The number of halogens is 4. The highest BCUT2D eigenvalue weighted by molar-refractivity contribution is 7.90. The fourth-order valence-corrected chi connectivity index (χ4v) is 3.89. The molecule has 0 saturated heterocycles. The van der Waals surface area contributed by atoms with Gasteiger partial charge < -0.3 is 14.7 Å². The summed E-state index contributed by atoms with van der Waals surface area (Å²) in [5.74, 6) is -0.432. The molecule has 1 aliphatic rings. The van der Waals surface area contributed by atoms with Crippen molar-refractivity contribution in [1.29, 1.82) is 0 Å². The van der Waals surface area contributed by atoms with Gasteiger partial charge >= 0.3 is 6.18 Å². The molecule has 7 nitrogen and oxygen atoms in total. The predicted octanol–water partition coefficient (Wildman–Crippen LogP) is 2.75. The number of benzene rings is 2. The molecular formula is C17H15ClF3N3O4S. The summed E-state index contributed by atoms with van der Waals surface area (Å²) in [5, 5.41) is 10.1. The van der Waals surface area contributed by atoms with E-state index in [4.69, 9.17) is 16.3 Å². The number of hydrogen-bond donors (Lipinski definition) is 2. The molecule has 1 aliphatic heterocycles. The van der Waals surface area contributed by atoms with Crippen LogP contribution in [0.5, 0.6) is 5.75 Å². The fourth-order valence-electron chi connectivity index (χ4n) is 2.61. The summed E-state index contributed by atoms with van der Waals surface area (Å²) >= 11 is 6.03. The van der Waals surface area contributed by atoms with Gasteiger partial charge in [-0.2, -0.15) is 13.2 Å². The average molecular weight is 450 g/mol. The summed E-state index contributed by atoms with van der Waals surface area (Å²) in [7, 11) is -2.90. The number of nitrogens with one attached hydrogen (secondary N) is 1. The minimum atomic E-state index is -5.14. The van der Waals surface area contributed by atoms with E-state index in [0.29, 0.717) is 0 Å². The Balaban J connectivity index is 2.04. The molecule has 1 atom stereocenters. The Morgan fingerprint density at radius 3 is 2.45 bits per heavy atom. The SMILES string of the molecule is COc1ccc(N2CC(O)(C(F)(F)F)N=C2NS(=O)(=O)c2ccccc2)cc1Cl. The second-order valence-corrected chi connectivity index (χ2v) is 8.16. The number of hydrogen-bond acceptors (Lipinski definition) is 6. The van der Waals surface area contributed by atoms with E-state index >= 15 is 0 Å². The highest BCUT2D eigenvalue weighted by Crippen LogP contribution is 2.39. The Bertz CT molecular complexity index is 1050. The lowest BCUT2D eigenvalue weighted by molar-refractivity contribution is -0.249. The van der Waals surface area contributed by atoms with Gasteiger partial charge in [-0.1, -0.05) is 29.8 Å². The summed E-state index contributed by atoms with van der Waals surface area (Å²) in [6.07, 6.45) is -5.14. The van der Waals surface area contributed by atoms with E-state index < -0.39 is 34.4 Å². The molecule has 0 amide bonds. The third kappa shape index (κ3) is 4.11. The largest absolute Gasteiger partial charge is 0.495 e. The first kappa shape index (κ1) is 21.2. The number of rotatable bonds is 4. The van der Waals surface area contributed by atoms with Gasteiger partial charge in [0.25, 0.3) is 15.7 Å². The van der Waals surface area contributed by atoms with Crippen LogP contribution >= 0.6 is 11.6 Å². The number of aliphatic imine (C=N–C) groups is 1. The zero-order valence-corrected chi connectivity index (χ0v) is 16.4. The van der Waals surface area contributed by atoms with Crippen molar-refractivity contribution in [2.75, 3.05) is 18.6 Å². The quantitative estimate of drug-likeness (QED) is 0.749. The van der Waals surface area contributed by atoms with Gasteiger partial charge in [-0.15, -0.1) is 0 Å². The molecule has 0 aromatic heterocycles. The van der Waals surface area contributed by atoms with E-state index in [-0.39, 0.29) is 21.4 Å². The summed E-state index contributed by atoms with van der Waals surface area (Å²) in [5.41, 5.74) is -3.43. The van der Waals surface area contributed by atoms with Crippen LogP contribution in [-0.2, 0) is 10.0 Å². The molecule has 0 fully saturated rings. The maximum absolute atomic E-state index is 13.4. The van der Waals surface area contributed by atoms with E-state index in [0.717, 1.165) is 4.90 Å². The van der Waals surface area contributed by atoms with Crippen molar-refractivity contribution >= 4 is 33.3 Å². The zero-order chi connectivity index (χ0) is 21.4. The third-order valence-corrected chi connectivity index (χ3v) is 5.74. The Labute approximate surface area is 169 Å². The Hall–Kier alpha value is -2.50. The number of guanidine groups is 1. The van der Waals surface area contributed by atoms with Crippen LogP contribution in [0.25, 0.3) is 0 Å². The molecule has 2 aromatic carbocycles.